The van der Waals surface area contributed by atoms with Gasteiger partial charge in [-0.05, 0) is 26.7 Å². The topological polar surface area (TPSA) is 39.2 Å². The maximum absolute atomic E-state index is 11.5. The first-order valence-corrected chi connectivity index (χ1v) is 4.90. The van der Waals surface area contributed by atoms with Gasteiger partial charge in [-0.2, -0.15) is 0 Å². The van der Waals surface area contributed by atoms with Crippen LogP contribution in [0.25, 0.3) is 0 Å². The minimum atomic E-state index is -0.489. The molecule has 0 atom stereocenters. The number of aromatic nitrogens is 1. The van der Waals surface area contributed by atoms with Crippen LogP contribution < -0.4 is 0 Å². The van der Waals surface area contributed by atoms with E-state index in [1.54, 1.807) is 0 Å². The Morgan fingerprint density at radius 3 is 2.71 bits per heavy atom. The standard InChI is InChI=1S/C10H11NO2S/c1-5-8-11-6-7(14-8)9(12)13-10(2,3)4/h1,6H,2-4H3. The molecule has 0 aliphatic rings. The molecular weight excluding hydrogens is 198 g/mol. The van der Waals surface area contributed by atoms with E-state index >= 15 is 0 Å². The third-order valence-corrected chi connectivity index (χ3v) is 2.14. The molecule has 0 aliphatic carbocycles. The van der Waals surface area contributed by atoms with Crippen molar-refractivity contribution in [1.29, 1.82) is 0 Å². The normalized spacial score (nSPS) is 10.7. The van der Waals surface area contributed by atoms with Crippen LogP contribution in [0, 0.1) is 12.3 Å². The van der Waals surface area contributed by atoms with Crippen LogP contribution in [0.15, 0.2) is 6.20 Å². The van der Waals surface area contributed by atoms with Crippen molar-refractivity contribution < 1.29 is 9.53 Å². The van der Waals surface area contributed by atoms with Gasteiger partial charge < -0.3 is 4.74 Å². The summed E-state index contributed by atoms with van der Waals surface area (Å²) in [5, 5.41) is 0.492. The van der Waals surface area contributed by atoms with Crippen LogP contribution in [-0.2, 0) is 4.74 Å². The van der Waals surface area contributed by atoms with Gasteiger partial charge in [-0.15, -0.1) is 6.42 Å². The molecule has 1 rings (SSSR count). The van der Waals surface area contributed by atoms with Crippen LogP contribution in [-0.4, -0.2) is 16.6 Å². The molecule has 0 fully saturated rings. The summed E-state index contributed by atoms with van der Waals surface area (Å²) in [6, 6.07) is 0. The van der Waals surface area contributed by atoms with E-state index < -0.39 is 5.60 Å². The summed E-state index contributed by atoms with van der Waals surface area (Å²) in [5.74, 6) is 1.99. The van der Waals surface area contributed by atoms with E-state index in [-0.39, 0.29) is 5.97 Å². The van der Waals surface area contributed by atoms with Crippen molar-refractivity contribution in [1.82, 2.24) is 4.98 Å². The van der Waals surface area contributed by atoms with Crippen molar-refractivity contribution in [2.45, 2.75) is 26.4 Å². The molecular formula is C10H11NO2S. The maximum Gasteiger partial charge on any atom is 0.350 e. The van der Waals surface area contributed by atoms with E-state index in [9.17, 15) is 4.79 Å². The van der Waals surface area contributed by atoms with E-state index in [0.717, 1.165) is 11.3 Å². The average molecular weight is 209 g/mol. The molecule has 0 aliphatic heterocycles. The van der Waals surface area contributed by atoms with E-state index in [2.05, 4.69) is 10.9 Å². The minimum Gasteiger partial charge on any atom is -0.456 e. The first-order chi connectivity index (χ1) is 6.42. The van der Waals surface area contributed by atoms with E-state index in [4.69, 9.17) is 11.2 Å². The Labute approximate surface area is 87.1 Å². The van der Waals surface area contributed by atoms with Crippen molar-refractivity contribution >= 4 is 17.3 Å². The molecule has 0 unspecified atom stereocenters. The molecule has 0 spiro atoms. The van der Waals surface area contributed by atoms with Crippen molar-refractivity contribution in [3.05, 3.63) is 16.1 Å². The second-order valence-corrected chi connectivity index (χ2v) is 4.71. The molecule has 0 bridgehead atoms. The molecule has 1 heterocycles. The van der Waals surface area contributed by atoms with E-state index in [1.165, 1.54) is 6.20 Å². The highest BCUT2D eigenvalue weighted by Crippen LogP contribution is 2.16. The van der Waals surface area contributed by atoms with Crippen LogP contribution in [0.2, 0.25) is 0 Å². The number of hydrogen-bond donors (Lipinski definition) is 0. The second-order valence-electron chi connectivity index (χ2n) is 3.68. The number of nitrogens with zero attached hydrogens (tertiary/aromatic N) is 1. The quantitative estimate of drug-likeness (QED) is 0.525. The fraction of sp³-hybridized carbons (Fsp3) is 0.400. The molecule has 0 N–H and O–H groups in total. The number of carbonyl (C=O) groups is 1. The number of hydrogen-bond acceptors (Lipinski definition) is 4. The number of thiazole rings is 1. The molecule has 3 nitrogen and oxygen atoms in total. The second kappa shape index (κ2) is 3.81. The molecule has 0 amide bonds. The Hall–Kier alpha value is -1.34. The summed E-state index contributed by atoms with van der Waals surface area (Å²) in [4.78, 5) is 15.8. The Balaban J connectivity index is 2.76. The molecule has 0 saturated heterocycles. The Bertz CT molecular complexity index is 382. The number of esters is 1. The number of rotatable bonds is 1. The van der Waals surface area contributed by atoms with Gasteiger partial charge in [0.2, 0.25) is 0 Å². The monoisotopic (exact) mass is 209 g/mol. The maximum atomic E-state index is 11.5. The molecule has 1 aromatic heterocycles. The van der Waals surface area contributed by atoms with Gasteiger partial charge in [0.15, 0.2) is 5.01 Å². The summed E-state index contributed by atoms with van der Waals surface area (Å²) >= 11 is 1.16. The van der Waals surface area contributed by atoms with Crippen LogP contribution in [0.1, 0.15) is 35.5 Å². The van der Waals surface area contributed by atoms with Crippen molar-refractivity contribution in [2.75, 3.05) is 0 Å². The highest BCUT2D eigenvalue weighted by atomic mass is 32.1. The predicted octanol–water partition coefficient (Wildman–Crippen LogP) is 2.08. The summed E-state index contributed by atoms with van der Waals surface area (Å²) in [6.07, 6.45) is 6.57. The largest absolute Gasteiger partial charge is 0.456 e. The number of ether oxygens (including phenoxy) is 1. The molecule has 0 radical (unpaired) electrons. The first kappa shape index (κ1) is 10.7. The average Bonchev–Trinajstić information content (AvgIpc) is 2.48. The lowest BCUT2D eigenvalue weighted by molar-refractivity contribution is 0.00750. The SMILES string of the molecule is C#Cc1ncc(C(=O)OC(C)(C)C)s1. The Morgan fingerprint density at radius 2 is 2.29 bits per heavy atom. The molecule has 14 heavy (non-hydrogen) atoms. The van der Waals surface area contributed by atoms with Gasteiger partial charge in [0.1, 0.15) is 10.5 Å². The van der Waals surface area contributed by atoms with Crippen LogP contribution in [0.4, 0.5) is 0 Å². The summed E-state index contributed by atoms with van der Waals surface area (Å²) in [6.45, 7) is 5.44. The molecule has 74 valence electrons. The van der Waals surface area contributed by atoms with Crippen LogP contribution >= 0.6 is 11.3 Å². The predicted molar refractivity (Wildman–Crippen MR) is 55.2 cm³/mol. The zero-order valence-corrected chi connectivity index (χ0v) is 9.14. The number of carbonyl (C=O) groups excluding carboxylic acids is 1. The Kier molecular flexibility index (Phi) is 2.92. The van der Waals surface area contributed by atoms with Gasteiger partial charge in [-0.1, -0.05) is 11.3 Å². The van der Waals surface area contributed by atoms with Crippen LogP contribution in [0.5, 0.6) is 0 Å². The highest BCUT2D eigenvalue weighted by molar-refractivity contribution is 7.14. The zero-order chi connectivity index (χ0) is 10.8. The lowest BCUT2D eigenvalue weighted by atomic mass is 10.2. The summed E-state index contributed by atoms with van der Waals surface area (Å²) in [5.41, 5.74) is -0.489. The third kappa shape index (κ3) is 2.86. The van der Waals surface area contributed by atoms with Gasteiger partial charge in [0.25, 0.3) is 0 Å². The summed E-state index contributed by atoms with van der Waals surface area (Å²) < 4.78 is 5.14. The van der Waals surface area contributed by atoms with Crippen LogP contribution in [0.3, 0.4) is 0 Å². The number of terminal acetylenes is 1. The van der Waals surface area contributed by atoms with Crippen molar-refractivity contribution in [2.24, 2.45) is 0 Å². The lowest BCUT2D eigenvalue weighted by Crippen LogP contribution is -2.23. The molecule has 0 aromatic carbocycles. The molecule has 4 heteroatoms. The van der Waals surface area contributed by atoms with Gasteiger partial charge >= 0.3 is 5.97 Å². The van der Waals surface area contributed by atoms with Crippen molar-refractivity contribution in [3.63, 3.8) is 0 Å². The van der Waals surface area contributed by atoms with Gasteiger partial charge in [0.05, 0.1) is 6.20 Å². The van der Waals surface area contributed by atoms with Gasteiger partial charge in [0, 0.05) is 0 Å². The van der Waals surface area contributed by atoms with Crippen molar-refractivity contribution in [3.8, 4) is 12.3 Å². The van der Waals surface area contributed by atoms with Gasteiger partial charge in [-0.25, -0.2) is 9.78 Å². The first-order valence-electron chi connectivity index (χ1n) is 4.08. The minimum absolute atomic E-state index is 0.378. The lowest BCUT2D eigenvalue weighted by Gasteiger charge is -2.18. The highest BCUT2D eigenvalue weighted by Gasteiger charge is 2.19. The van der Waals surface area contributed by atoms with E-state index in [1.807, 2.05) is 20.8 Å². The van der Waals surface area contributed by atoms with Gasteiger partial charge in [-0.3, -0.25) is 0 Å². The third-order valence-electron chi connectivity index (χ3n) is 1.23. The zero-order valence-electron chi connectivity index (χ0n) is 8.33. The fourth-order valence-electron chi connectivity index (χ4n) is 0.764. The smallest absolute Gasteiger partial charge is 0.350 e. The van der Waals surface area contributed by atoms with E-state index in [0.29, 0.717) is 9.88 Å². The summed E-state index contributed by atoms with van der Waals surface area (Å²) in [7, 11) is 0. The molecule has 1 aromatic rings. The molecule has 0 saturated carbocycles. The fourth-order valence-corrected chi connectivity index (χ4v) is 1.37. The Morgan fingerprint density at radius 1 is 1.64 bits per heavy atom.